The molecule has 0 saturated carbocycles. The summed E-state index contributed by atoms with van der Waals surface area (Å²) in [5, 5.41) is 4.41. The van der Waals surface area contributed by atoms with Crippen LogP contribution >= 0.6 is 46.6 Å². The molecule has 2 rings (SSSR count). The van der Waals surface area contributed by atoms with Gasteiger partial charge in [-0.25, -0.2) is 4.98 Å². The topological polar surface area (TPSA) is 24.9 Å². The maximum absolute atomic E-state index is 6.01. The number of nitrogens with one attached hydrogen (secondary N) is 1. The average Bonchev–Trinajstić information content (AvgIpc) is 2.74. The van der Waals surface area contributed by atoms with E-state index >= 15 is 0 Å². The van der Waals surface area contributed by atoms with Gasteiger partial charge in [-0.05, 0) is 29.9 Å². The van der Waals surface area contributed by atoms with Crippen molar-refractivity contribution in [1.29, 1.82) is 0 Å². The van der Waals surface area contributed by atoms with Crippen molar-refractivity contribution in [3.63, 3.8) is 0 Å². The molecule has 0 aliphatic carbocycles. The van der Waals surface area contributed by atoms with Crippen molar-refractivity contribution in [1.82, 2.24) is 4.98 Å². The zero-order valence-electron chi connectivity index (χ0n) is 8.47. The first-order chi connectivity index (χ1) is 7.66. The molecule has 1 N–H and O–H groups in total. The second-order valence-corrected chi connectivity index (χ2v) is 6.02. The van der Waals surface area contributed by atoms with Gasteiger partial charge in [-0.1, -0.05) is 34.8 Å². The molecule has 1 saturated heterocycles. The zero-order chi connectivity index (χ0) is 11.5. The number of hydrogen-bond acceptors (Lipinski definition) is 3. The highest BCUT2D eigenvalue weighted by molar-refractivity contribution is 7.99. The summed E-state index contributed by atoms with van der Waals surface area (Å²) in [7, 11) is 0. The predicted octanol–water partition coefficient (Wildman–Crippen LogP) is 4.21. The summed E-state index contributed by atoms with van der Waals surface area (Å²) in [4.78, 5) is 4.12. The van der Waals surface area contributed by atoms with Gasteiger partial charge in [-0.15, -0.1) is 0 Å². The van der Waals surface area contributed by atoms with Crippen LogP contribution in [0.2, 0.25) is 15.2 Å². The zero-order valence-corrected chi connectivity index (χ0v) is 11.6. The van der Waals surface area contributed by atoms with Crippen molar-refractivity contribution in [2.75, 3.05) is 23.4 Å². The molecule has 0 spiro atoms. The number of hydrogen-bond donors (Lipinski definition) is 1. The first-order valence-corrected chi connectivity index (χ1v) is 7.29. The molecule has 6 heteroatoms. The minimum Gasteiger partial charge on any atom is -0.368 e. The minimum absolute atomic E-state index is 0.286. The number of rotatable bonds is 3. The Hall–Kier alpha value is 0.170. The van der Waals surface area contributed by atoms with Gasteiger partial charge in [0, 0.05) is 6.54 Å². The van der Waals surface area contributed by atoms with E-state index in [0.29, 0.717) is 21.8 Å². The van der Waals surface area contributed by atoms with Gasteiger partial charge in [-0.2, -0.15) is 11.8 Å². The third kappa shape index (κ3) is 3.10. The Labute approximate surface area is 114 Å². The molecule has 0 radical (unpaired) electrons. The highest BCUT2D eigenvalue weighted by Gasteiger charge is 2.16. The van der Waals surface area contributed by atoms with Crippen LogP contribution in [0.15, 0.2) is 6.07 Å². The van der Waals surface area contributed by atoms with E-state index in [1.54, 1.807) is 6.07 Å². The van der Waals surface area contributed by atoms with E-state index in [0.717, 1.165) is 6.54 Å². The quantitative estimate of drug-likeness (QED) is 0.846. The average molecular weight is 298 g/mol. The van der Waals surface area contributed by atoms with Gasteiger partial charge in [-0.3, -0.25) is 0 Å². The molecule has 1 aromatic rings. The first-order valence-electron chi connectivity index (χ1n) is 5.00. The molecule has 2 heterocycles. The lowest BCUT2D eigenvalue weighted by molar-refractivity contribution is 0.630. The third-order valence-corrected chi connectivity index (χ3v) is 4.66. The van der Waals surface area contributed by atoms with Crippen molar-refractivity contribution >= 4 is 52.4 Å². The van der Waals surface area contributed by atoms with E-state index in [1.807, 2.05) is 11.8 Å². The van der Waals surface area contributed by atoms with Gasteiger partial charge in [0.2, 0.25) is 0 Å². The van der Waals surface area contributed by atoms with Crippen molar-refractivity contribution in [2.45, 2.75) is 6.42 Å². The Morgan fingerprint density at radius 2 is 2.19 bits per heavy atom. The Bertz CT molecular complexity index is 381. The van der Waals surface area contributed by atoms with E-state index in [9.17, 15) is 0 Å². The van der Waals surface area contributed by atoms with Crippen LogP contribution in [0.3, 0.4) is 0 Å². The molecule has 1 unspecified atom stereocenters. The summed E-state index contributed by atoms with van der Waals surface area (Å²) >= 11 is 19.6. The van der Waals surface area contributed by atoms with Crippen LogP contribution in [-0.2, 0) is 0 Å². The lowest BCUT2D eigenvalue weighted by Crippen LogP contribution is -2.14. The maximum Gasteiger partial charge on any atom is 0.150 e. The van der Waals surface area contributed by atoms with E-state index in [4.69, 9.17) is 34.8 Å². The van der Waals surface area contributed by atoms with Crippen LogP contribution in [0.5, 0.6) is 0 Å². The molecule has 1 atom stereocenters. The highest BCUT2D eigenvalue weighted by atomic mass is 35.5. The fraction of sp³-hybridized carbons (Fsp3) is 0.500. The molecule has 0 bridgehead atoms. The predicted molar refractivity (Wildman–Crippen MR) is 73.2 cm³/mol. The van der Waals surface area contributed by atoms with E-state index in [2.05, 4.69) is 10.3 Å². The number of pyridine rings is 1. The van der Waals surface area contributed by atoms with Gasteiger partial charge in [0.05, 0.1) is 10.0 Å². The first kappa shape index (κ1) is 12.6. The number of anilines is 1. The fourth-order valence-corrected chi connectivity index (χ4v) is 3.40. The van der Waals surface area contributed by atoms with Gasteiger partial charge >= 0.3 is 0 Å². The van der Waals surface area contributed by atoms with Crippen LogP contribution in [0, 0.1) is 5.92 Å². The molecule has 2 nitrogen and oxygen atoms in total. The summed E-state index contributed by atoms with van der Waals surface area (Å²) in [6, 6.07) is 1.62. The van der Waals surface area contributed by atoms with E-state index in [1.165, 1.54) is 17.9 Å². The Morgan fingerprint density at radius 1 is 1.38 bits per heavy atom. The Balaban J connectivity index is 2.00. The van der Waals surface area contributed by atoms with Gasteiger partial charge in [0.25, 0.3) is 0 Å². The molecule has 1 fully saturated rings. The summed E-state index contributed by atoms with van der Waals surface area (Å²) in [5.41, 5.74) is 0. The van der Waals surface area contributed by atoms with Crippen LogP contribution in [0.4, 0.5) is 5.82 Å². The van der Waals surface area contributed by atoms with Crippen LogP contribution in [0.25, 0.3) is 0 Å². The van der Waals surface area contributed by atoms with Gasteiger partial charge in [0.15, 0.2) is 0 Å². The lowest BCUT2D eigenvalue weighted by atomic mass is 10.1. The SMILES string of the molecule is Clc1cc(Cl)c(NCC2CCSC2)nc1Cl. The van der Waals surface area contributed by atoms with Crippen molar-refractivity contribution in [2.24, 2.45) is 5.92 Å². The summed E-state index contributed by atoms with van der Waals surface area (Å²) in [6.07, 6.45) is 1.25. The highest BCUT2D eigenvalue weighted by Crippen LogP contribution is 2.30. The molecule has 1 aliphatic heterocycles. The molecule has 88 valence electrons. The van der Waals surface area contributed by atoms with Gasteiger partial charge in [0.1, 0.15) is 11.0 Å². The standard InChI is InChI=1S/C10H11Cl3N2S/c11-7-3-8(12)10(15-9(7)13)14-4-6-1-2-16-5-6/h3,6H,1-2,4-5H2,(H,14,15). The number of nitrogens with zero attached hydrogens (tertiary/aromatic N) is 1. The normalized spacial score (nSPS) is 20.1. The van der Waals surface area contributed by atoms with Crippen molar-refractivity contribution < 1.29 is 0 Å². The summed E-state index contributed by atoms with van der Waals surface area (Å²) in [6.45, 7) is 0.887. The summed E-state index contributed by atoms with van der Waals surface area (Å²) < 4.78 is 0. The monoisotopic (exact) mass is 296 g/mol. The van der Waals surface area contributed by atoms with E-state index < -0.39 is 0 Å². The molecular weight excluding hydrogens is 287 g/mol. The fourth-order valence-electron chi connectivity index (χ4n) is 1.55. The van der Waals surface area contributed by atoms with Crippen LogP contribution in [0.1, 0.15) is 6.42 Å². The van der Waals surface area contributed by atoms with Gasteiger partial charge < -0.3 is 5.32 Å². The Kier molecular flexibility index (Phi) is 4.48. The maximum atomic E-state index is 6.01. The molecule has 16 heavy (non-hydrogen) atoms. The van der Waals surface area contributed by atoms with Crippen molar-refractivity contribution in [3.05, 3.63) is 21.3 Å². The van der Waals surface area contributed by atoms with Crippen LogP contribution < -0.4 is 5.32 Å². The smallest absolute Gasteiger partial charge is 0.150 e. The van der Waals surface area contributed by atoms with E-state index in [-0.39, 0.29) is 5.15 Å². The summed E-state index contributed by atoms with van der Waals surface area (Å²) in [5.74, 6) is 3.76. The lowest BCUT2D eigenvalue weighted by Gasteiger charge is -2.12. The number of thioether (sulfide) groups is 1. The molecule has 1 aliphatic rings. The molecule has 0 amide bonds. The second-order valence-electron chi connectivity index (χ2n) is 3.70. The molecule has 0 aromatic carbocycles. The number of halogens is 3. The molecule has 1 aromatic heterocycles. The largest absolute Gasteiger partial charge is 0.368 e. The number of aromatic nitrogens is 1. The minimum atomic E-state index is 0.286. The van der Waals surface area contributed by atoms with Crippen molar-refractivity contribution in [3.8, 4) is 0 Å². The van der Waals surface area contributed by atoms with Crippen LogP contribution in [-0.4, -0.2) is 23.0 Å². The molecular formula is C10H11Cl3N2S. The third-order valence-electron chi connectivity index (χ3n) is 2.47. The second kappa shape index (κ2) is 5.67. The Morgan fingerprint density at radius 3 is 2.88 bits per heavy atom.